The zero-order chi connectivity index (χ0) is 22.3. The van der Waals surface area contributed by atoms with Gasteiger partial charge in [0.2, 0.25) is 0 Å². The zero-order valence-electron chi connectivity index (χ0n) is 15.6. The minimum absolute atomic E-state index is 0.135. The van der Waals surface area contributed by atoms with E-state index in [1.165, 1.54) is 31.6 Å². The number of pyridine rings is 1. The second-order valence-corrected chi connectivity index (χ2v) is 8.67. The first-order valence-corrected chi connectivity index (χ1v) is 10.8. The minimum atomic E-state index is -4.21. The molecule has 0 fully saturated rings. The molecular weight excluding hydrogens is 475 g/mol. The summed E-state index contributed by atoms with van der Waals surface area (Å²) in [5.41, 5.74) is 1.08. The normalized spacial score (nSPS) is 11.9. The molecule has 0 aliphatic heterocycles. The van der Waals surface area contributed by atoms with Crippen molar-refractivity contribution < 1.29 is 21.9 Å². The molecule has 0 saturated heterocycles. The number of alkyl halides is 2. The molecule has 3 aromatic heterocycles. The van der Waals surface area contributed by atoms with E-state index in [9.17, 15) is 17.2 Å². The number of methoxy groups -OCH3 is 1. The number of fused-ring (bicyclic) bond motifs is 1. The fourth-order valence-corrected chi connectivity index (χ4v) is 4.79. The van der Waals surface area contributed by atoms with Gasteiger partial charge in [0.05, 0.1) is 29.5 Å². The van der Waals surface area contributed by atoms with Gasteiger partial charge >= 0.3 is 6.55 Å². The topological polar surface area (TPSA) is 102 Å². The van der Waals surface area contributed by atoms with Gasteiger partial charge in [-0.3, -0.25) is 9.71 Å². The number of H-pyrrole nitrogens is 1. The molecule has 13 heteroatoms. The molecule has 0 radical (unpaired) electrons. The van der Waals surface area contributed by atoms with Crippen molar-refractivity contribution in [3.63, 3.8) is 0 Å². The number of benzene rings is 1. The molecular formula is C18H13Cl2F2N5O3S. The third kappa shape index (κ3) is 3.80. The minimum Gasteiger partial charge on any atom is -0.497 e. The summed E-state index contributed by atoms with van der Waals surface area (Å²) in [7, 11) is -2.70. The van der Waals surface area contributed by atoms with Gasteiger partial charge in [-0.05, 0) is 18.2 Å². The second-order valence-electron chi connectivity index (χ2n) is 6.26. The molecule has 2 N–H and O–H groups in total. The van der Waals surface area contributed by atoms with Gasteiger partial charge in [0.25, 0.3) is 10.0 Å². The molecule has 0 bridgehead atoms. The SMILES string of the molecule is COc1ccnc(-c2c(Cl)ccc3c(S(=O)(=O)Nc4cnn(C(F)F)c4Cl)c[nH]c23)c1. The highest BCUT2D eigenvalue weighted by Crippen LogP contribution is 2.38. The van der Waals surface area contributed by atoms with Crippen LogP contribution in [0.25, 0.3) is 22.2 Å². The number of sulfonamides is 1. The maximum absolute atomic E-state index is 13.0. The van der Waals surface area contributed by atoms with Crippen LogP contribution in [0.3, 0.4) is 0 Å². The maximum atomic E-state index is 13.0. The van der Waals surface area contributed by atoms with Crippen molar-refractivity contribution in [2.75, 3.05) is 11.8 Å². The number of anilines is 1. The molecule has 3 heterocycles. The predicted molar refractivity (Wildman–Crippen MR) is 112 cm³/mol. The van der Waals surface area contributed by atoms with E-state index < -0.39 is 21.7 Å². The maximum Gasteiger partial charge on any atom is 0.334 e. The number of aromatic nitrogens is 4. The average molecular weight is 488 g/mol. The summed E-state index contributed by atoms with van der Waals surface area (Å²) in [6.45, 7) is -3.01. The van der Waals surface area contributed by atoms with Gasteiger partial charge < -0.3 is 9.72 Å². The van der Waals surface area contributed by atoms with E-state index in [0.717, 1.165) is 6.20 Å². The van der Waals surface area contributed by atoms with Crippen molar-refractivity contribution in [1.82, 2.24) is 19.7 Å². The average Bonchev–Trinajstić information content (AvgIpc) is 3.32. The van der Waals surface area contributed by atoms with Crippen LogP contribution in [0, 0.1) is 0 Å². The molecule has 31 heavy (non-hydrogen) atoms. The van der Waals surface area contributed by atoms with E-state index in [0.29, 0.717) is 32.9 Å². The summed E-state index contributed by atoms with van der Waals surface area (Å²) >= 11 is 12.2. The monoisotopic (exact) mass is 487 g/mol. The number of halogens is 4. The molecule has 0 amide bonds. The lowest BCUT2D eigenvalue weighted by Gasteiger charge is -2.09. The number of ether oxygens (including phenoxy) is 1. The van der Waals surface area contributed by atoms with Crippen LogP contribution in [0.15, 0.2) is 47.8 Å². The highest BCUT2D eigenvalue weighted by molar-refractivity contribution is 7.93. The number of hydrogen-bond donors (Lipinski definition) is 2. The Kier molecular flexibility index (Phi) is 5.50. The van der Waals surface area contributed by atoms with E-state index in [-0.39, 0.29) is 15.3 Å². The van der Waals surface area contributed by atoms with Crippen molar-refractivity contribution in [3.8, 4) is 17.0 Å². The van der Waals surface area contributed by atoms with Crippen LogP contribution in [0.2, 0.25) is 10.2 Å². The molecule has 4 aromatic rings. The van der Waals surface area contributed by atoms with Crippen molar-refractivity contribution in [2.24, 2.45) is 0 Å². The number of aromatic amines is 1. The molecule has 1 aromatic carbocycles. The van der Waals surface area contributed by atoms with Crippen LogP contribution in [-0.4, -0.2) is 35.3 Å². The summed E-state index contributed by atoms with van der Waals surface area (Å²) in [5.74, 6) is 0.546. The lowest BCUT2D eigenvalue weighted by Crippen LogP contribution is -2.12. The van der Waals surface area contributed by atoms with Crippen LogP contribution in [0.5, 0.6) is 5.75 Å². The Morgan fingerprint density at radius 3 is 2.71 bits per heavy atom. The molecule has 162 valence electrons. The van der Waals surface area contributed by atoms with Crippen molar-refractivity contribution >= 4 is 49.8 Å². The van der Waals surface area contributed by atoms with E-state index in [1.807, 2.05) is 0 Å². The molecule has 0 atom stereocenters. The number of hydrogen-bond acceptors (Lipinski definition) is 5. The lowest BCUT2D eigenvalue weighted by molar-refractivity contribution is 0.0570. The molecule has 0 aliphatic rings. The van der Waals surface area contributed by atoms with Crippen molar-refractivity contribution in [1.29, 1.82) is 0 Å². The molecule has 8 nitrogen and oxygen atoms in total. The van der Waals surface area contributed by atoms with Gasteiger partial charge in [0.1, 0.15) is 16.3 Å². The van der Waals surface area contributed by atoms with Crippen LogP contribution in [0.4, 0.5) is 14.5 Å². The summed E-state index contributed by atoms with van der Waals surface area (Å²) in [6.07, 6.45) is 3.70. The quantitative estimate of drug-likeness (QED) is 0.401. The zero-order valence-corrected chi connectivity index (χ0v) is 17.9. The van der Waals surface area contributed by atoms with E-state index in [2.05, 4.69) is 19.8 Å². The fourth-order valence-electron chi connectivity index (χ4n) is 3.05. The first-order valence-electron chi connectivity index (χ1n) is 8.57. The first-order chi connectivity index (χ1) is 14.7. The Morgan fingerprint density at radius 1 is 1.26 bits per heavy atom. The summed E-state index contributed by atoms with van der Waals surface area (Å²) in [4.78, 5) is 7.06. The van der Waals surface area contributed by atoms with Crippen molar-refractivity contribution in [2.45, 2.75) is 11.4 Å². The molecule has 0 unspecified atom stereocenters. The van der Waals surface area contributed by atoms with Gasteiger partial charge in [0.15, 0.2) is 5.15 Å². The summed E-state index contributed by atoms with van der Waals surface area (Å²) in [6, 6.07) is 6.38. The van der Waals surface area contributed by atoms with E-state index >= 15 is 0 Å². The number of nitrogens with zero attached hydrogens (tertiary/aromatic N) is 3. The van der Waals surface area contributed by atoms with Crippen molar-refractivity contribution in [3.05, 3.63) is 53.0 Å². The van der Waals surface area contributed by atoms with Crippen LogP contribution < -0.4 is 9.46 Å². The van der Waals surface area contributed by atoms with Gasteiger partial charge in [-0.2, -0.15) is 18.6 Å². The molecule has 0 aliphatic carbocycles. The van der Waals surface area contributed by atoms with Crippen LogP contribution >= 0.6 is 23.2 Å². The standard InChI is InChI=1S/C18H13Cl2F2N5O3S/c1-30-9-4-5-23-12(6-9)15-11(19)3-2-10-14(8-24-16(10)15)31(28,29)26-13-7-25-27(17(13)20)18(21)22/h2-8,18,24,26H,1H3. The second kappa shape index (κ2) is 7.98. The molecule has 0 saturated carbocycles. The smallest absolute Gasteiger partial charge is 0.334 e. The van der Waals surface area contributed by atoms with E-state index in [4.69, 9.17) is 27.9 Å². The van der Waals surface area contributed by atoms with Gasteiger partial charge in [0, 0.05) is 29.4 Å². The highest BCUT2D eigenvalue weighted by atomic mass is 35.5. The van der Waals surface area contributed by atoms with Gasteiger partial charge in [-0.1, -0.05) is 23.2 Å². The Balaban J connectivity index is 1.81. The van der Waals surface area contributed by atoms with Crippen LogP contribution in [-0.2, 0) is 10.0 Å². The first kappa shape index (κ1) is 21.3. The Labute approximate surface area is 184 Å². The Hall–Kier alpha value is -2.89. The lowest BCUT2D eigenvalue weighted by atomic mass is 10.1. The third-order valence-electron chi connectivity index (χ3n) is 4.44. The summed E-state index contributed by atoms with van der Waals surface area (Å²) in [5, 5.41) is 3.50. The van der Waals surface area contributed by atoms with Crippen LogP contribution in [0.1, 0.15) is 6.55 Å². The van der Waals surface area contributed by atoms with E-state index in [1.54, 1.807) is 12.1 Å². The number of rotatable bonds is 6. The van der Waals surface area contributed by atoms with Gasteiger partial charge in [-0.25, -0.2) is 8.42 Å². The third-order valence-corrected chi connectivity index (χ3v) is 6.54. The fraction of sp³-hybridized carbons (Fsp3) is 0.111. The Morgan fingerprint density at radius 2 is 2.03 bits per heavy atom. The number of nitrogens with one attached hydrogen (secondary N) is 2. The summed E-state index contributed by atoms with van der Waals surface area (Å²) < 4.78 is 59.2. The molecule has 4 rings (SSSR count). The Bertz CT molecular complexity index is 1390. The largest absolute Gasteiger partial charge is 0.497 e. The highest BCUT2D eigenvalue weighted by Gasteiger charge is 2.25. The van der Waals surface area contributed by atoms with Gasteiger partial charge in [-0.15, -0.1) is 0 Å². The molecule has 0 spiro atoms. The predicted octanol–water partition coefficient (Wildman–Crippen LogP) is 4.94.